The van der Waals surface area contributed by atoms with Crippen molar-refractivity contribution in [3.8, 4) is 0 Å². The van der Waals surface area contributed by atoms with Crippen molar-refractivity contribution >= 4 is 16.6 Å². The van der Waals surface area contributed by atoms with Gasteiger partial charge in [-0.25, -0.2) is 0 Å². The van der Waals surface area contributed by atoms with E-state index >= 15 is 0 Å². The van der Waals surface area contributed by atoms with Gasteiger partial charge in [0, 0.05) is 11.9 Å². The summed E-state index contributed by atoms with van der Waals surface area (Å²) in [6, 6.07) is 9.68. The van der Waals surface area contributed by atoms with Crippen molar-refractivity contribution in [1.29, 1.82) is 0 Å². The number of rotatable bonds is 4. The summed E-state index contributed by atoms with van der Waals surface area (Å²) in [5.74, 6) is 1.57. The molecule has 0 aliphatic carbocycles. The number of hydrogen-bond donors (Lipinski definition) is 3. The lowest BCUT2D eigenvalue weighted by molar-refractivity contribution is 0.364. The third kappa shape index (κ3) is 3.02. The molecule has 0 radical (unpaired) electrons. The molecule has 1 aromatic heterocycles. The van der Waals surface area contributed by atoms with Crippen LogP contribution in [0.1, 0.15) is 19.3 Å². The molecule has 3 rings (SSSR count). The zero-order valence-electron chi connectivity index (χ0n) is 11.6. The largest absolute Gasteiger partial charge is 0.372 e. The van der Waals surface area contributed by atoms with Gasteiger partial charge in [0.15, 0.2) is 0 Å². The van der Waals surface area contributed by atoms with E-state index in [1.807, 2.05) is 30.3 Å². The van der Waals surface area contributed by atoms with Crippen LogP contribution >= 0.6 is 0 Å². The molecular formula is C16H21N3O. The Bertz CT molecular complexity index is 629. The maximum absolute atomic E-state index is 12.0. The molecule has 3 N–H and O–H groups in total. The second-order valence-corrected chi connectivity index (χ2v) is 5.53. The first-order valence-corrected chi connectivity index (χ1v) is 7.39. The molecule has 0 amide bonds. The van der Waals surface area contributed by atoms with E-state index in [0.717, 1.165) is 48.6 Å². The SMILES string of the molecule is O=c1[nH]c(NCCC2CCCNC2)cc2ccccc12. The van der Waals surface area contributed by atoms with Gasteiger partial charge in [-0.2, -0.15) is 0 Å². The summed E-state index contributed by atoms with van der Waals surface area (Å²) in [4.78, 5) is 14.9. The average Bonchev–Trinajstić information content (AvgIpc) is 2.48. The highest BCUT2D eigenvalue weighted by Crippen LogP contribution is 2.15. The fourth-order valence-corrected chi connectivity index (χ4v) is 2.89. The first-order valence-electron chi connectivity index (χ1n) is 7.39. The maximum atomic E-state index is 12.0. The number of aromatic amines is 1. The van der Waals surface area contributed by atoms with Crippen molar-refractivity contribution < 1.29 is 0 Å². The number of piperidine rings is 1. The number of H-pyrrole nitrogens is 1. The molecule has 20 heavy (non-hydrogen) atoms. The molecule has 1 aromatic carbocycles. The van der Waals surface area contributed by atoms with Gasteiger partial charge >= 0.3 is 0 Å². The van der Waals surface area contributed by atoms with E-state index in [4.69, 9.17) is 0 Å². The number of nitrogens with one attached hydrogen (secondary N) is 3. The molecule has 4 heteroatoms. The van der Waals surface area contributed by atoms with Crippen LogP contribution in [0.2, 0.25) is 0 Å². The van der Waals surface area contributed by atoms with Gasteiger partial charge in [-0.15, -0.1) is 0 Å². The molecule has 106 valence electrons. The normalized spacial score (nSPS) is 19.1. The first-order chi connectivity index (χ1) is 9.83. The minimum Gasteiger partial charge on any atom is -0.372 e. The highest BCUT2D eigenvalue weighted by Gasteiger charge is 2.12. The minimum absolute atomic E-state index is 0.0232. The van der Waals surface area contributed by atoms with E-state index in [1.165, 1.54) is 12.8 Å². The van der Waals surface area contributed by atoms with Crippen LogP contribution in [-0.2, 0) is 0 Å². The van der Waals surface area contributed by atoms with E-state index < -0.39 is 0 Å². The predicted molar refractivity (Wildman–Crippen MR) is 83.3 cm³/mol. The molecule has 1 aliphatic heterocycles. The lowest BCUT2D eigenvalue weighted by atomic mass is 9.96. The van der Waals surface area contributed by atoms with Crippen LogP contribution in [0.15, 0.2) is 35.1 Å². The summed E-state index contributed by atoms with van der Waals surface area (Å²) in [6.07, 6.45) is 3.72. The number of pyridine rings is 1. The lowest BCUT2D eigenvalue weighted by Gasteiger charge is -2.22. The highest BCUT2D eigenvalue weighted by molar-refractivity contribution is 5.83. The van der Waals surface area contributed by atoms with Crippen molar-refractivity contribution in [3.63, 3.8) is 0 Å². The number of benzene rings is 1. The second-order valence-electron chi connectivity index (χ2n) is 5.53. The van der Waals surface area contributed by atoms with Crippen LogP contribution in [0.3, 0.4) is 0 Å². The molecule has 2 aromatic rings. The fraction of sp³-hybridized carbons (Fsp3) is 0.438. The van der Waals surface area contributed by atoms with Crippen molar-refractivity contribution in [2.24, 2.45) is 5.92 Å². The molecule has 0 saturated carbocycles. The van der Waals surface area contributed by atoms with Gasteiger partial charge in [0.05, 0.1) is 0 Å². The number of anilines is 1. The van der Waals surface area contributed by atoms with E-state index in [2.05, 4.69) is 15.6 Å². The number of aromatic nitrogens is 1. The van der Waals surface area contributed by atoms with Gasteiger partial charge in [0.2, 0.25) is 0 Å². The molecule has 1 atom stereocenters. The Morgan fingerprint density at radius 2 is 2.20 bits per heavy atom. The summed E-state index contributed by atoms with van der Waals surface area (Å²) in [5, 5.41) is 8.50. The van der Waals surface area contributed by atoms with Crippen LogP contribution in [-0.4, -0.2) is 24.6 Å². The zero-order chi connectivity index (χ0) is 13.8. The van der Waals surface area contributed by atoms with Crippen molar-refractivity contribution in [3.05, 3.63) is 40.7 Å². The van der Waals surface area contributed by atoms with Crippen LogP contribution in [0.4, 0.5) is 5.82 Å². The summed E-state index contributed by atoms with van der Waals surface area (Å²) in [5.41, 5.74) is -0.0232. The first kappa shape index (κ1) is 13.2. The third-order valence-electron chi connectivity index (χ3n) is 4.02. The molecule has 0 spiro atoms. The Labute approximate surface area is 118 Å². The van der Waals surface area contributed by atoms with Crippen molar-refractivity contribution in [2.75, 3.05) is 25.0 Å². The van der Waals surface area contributed by atoms with Crippen LogP contribution in [0, 0.1) is 5.92 Å². The Balaban J connectivity index is 1.64. The Kier molecular flexibility index (Phi) is 4.02. The number of hydrogen-bond acceptors (Lipinski definition) is 3. The van der Waals surface area contributed by atoms with Gasteiger partial charge in [-0.1, -0.05) is 18.2 Å². The minimum atomic E-state index is -0.0232. The average molecular weight is 271 g/mol. The van der Waals surface area contributed by atoms with Crippen LogP contribution in [0.25, 0.3) is 10.8 Å². The summed E-state index contributed by atoms with van der Waals surface area (Å²) in [7, 11) is 0. The number of fused-ring (bicyclic) bond motifs is 1. The molecule has 4 nitrogen and oxygen atoms in total. The fourth-order valence-electron chi connectivity index (χ4n) is 2.89. The zero-order valence-corrected chi connectivity index (χ0v) is 11.6. The lowest BCUT2D eigenvalue weighted by Crippen LogP contribution is -2.30. The van der Waals surface area contributed by atoms with Gasteiger partial charge in [-0.05, 0) is 55.8 Å². The third-order valence-corrected chi connectivity index (χ3v) is 4.02. The predicted octanol–water partition coefficient (Wildman–Crippen LogP) is 2.33. The van der Waals surface area contributed by atoms with E-state index in [-0.39, 0.29) is 5.56 Å². The summed E-state index contributed by atoms with van der Waals surface area (Å²) < 4.78 is 0. The molecule has 2 heterocycles. The second kappa shape index (κ2) is 6.09. The van der Waals surface area contributed by atoms with Crippen molar-refractivity contribution in [2.45, 2.75) is 19.3 Å². The highest BCUT2D eigenvalue weighted by atomic mass is 16.1. The van der Waals surface area contributed by atoms with Crippen molar-refractivity contribution in [1.82, 2.24) is 10.3 Å². The smallest absolute Gasteiger partial charge is 0.257 e. The molecule has 0 bridgehead atoms. The summed E-state index contributed by atoms with van der Waals surface area (Å²) in [6.45, 7) is 3.18. The topological polar surface area (TPSA) is 56.9 Å². The Morgan fingerprint density at radius 1 is 1.30 bits per heavy atom. The van der Waals surface area contributed by atoms with Gasteiger partial charge < -0.3 is 15.6 Å². The van der Waals surface area contributed by atoms with Gasteiger partial charge in [0.25, 0.3) is 5.56 Å². The van der Waals surface area contributed by atoms with Gasteiger partial charge in [-0.3, -0.25) is 4.79 Å². The Hall–Kier alpha value is -1.81. The van der Waals surface area contributed by atoms with E-state index in [0.29, 0.717) is 0 Å². The standard InChI is InChI=1S/C16H21N3O/c20-16-14-6-2-1-5-13(14)10-15(19-16)18-9-7-12-4-3-8-17-11-12/h1-2,5-6,10,12,17H,3-4,7-9,11H2,(H2,18,19,20). The maximum Gasteiger partial charge on any atom is 0.257 e. The summed E-state index contributed by atoms with van der Waals surface area (Å²) >= 11 is 0. The van der Waals surface area contributed by atoms with Crippen LogP contribution < -0.4 is 16.2 Å². The molecular weight excluding hydrogens is 250 g/mol. The Morgan fingerprint density at radius 3 is 3.05 bits per heavy atom. The molecule has 1 aliphatic rings. The van der Waals surface area contributed by atoms with E-state index in [1.54, 1.807) is 0 Å². The molecule has 1 unspecified atom stereocenters. The van der Waals surface area contributed by atoms with Gasteiger partial charge in [0.1, 0.15) is 5.82 Å². The quantitative estimate of drug-likeness (QED) is 0.800. The monoisotopic (exact) mass is 271 g/mol. The molecule has 1 fully saturated rings. The van der Waals surface area contributed by atoms with E-state index in [9.17, 15) is 4.79 Å². The molecule has 1 saturated heterocycles. The van der Waals surface area contributed by atoms with Crippen LogP contribution in [0.5, 0.6) is 0 Å².